The molecule has 0 nitrogen and oxygen atoms in total. The molecule has 10 heavy (non-hydrogen) atoms. The van der Waals surface area contributed by atoms with Crippen molar-refractivity contribution in [2.45, 2.75) is 25.7 Å². The van der Waals surface area contributed by atoms with Crippen LogP contribution in [0.4, 0.5) is 0 Å². The van der Waals surface area contributed by atoms with Crippen LogP contribution in [0.15, 0.2) is 18.2 Å². The first-order valence-corrected chi connectivity index (χ1v) is 3.84. The van der Waals surface area contributed by atoms with Crippen molar-refractivity contribution in [3.05, 3.63) is 35.4 Å². The quantitative estimate of drug-likeness (QED) is 0.549. The van der Waals surface area contributed by atoms with Crippen LogP contribution in [0.2, 0.25) is 0 Å². The van der Waals surface area contributed by atoms with Gasteiger partial charge in [0.2, 0.25) is 0 Å². The van der Waals surface area contributed by atoms with Gasteiger partial charge in [0, 0.05) is 0 Å². The molecular formula is C10H11. The molecule has 0 heteroatoms. The number of aryl methyl sites for hydroxylation is 1. The number of hydrogen-bond acceptors (Lipinski definition) is 0. The molecule has 1 saturated carbocycles. The van der Waals surface area contributed by atoms with Gasteiger partial charge in [-0.3, -0.25) is 0 Å². The minimum Gasteiger partial charge on any atom is -0.0587 e. The predicted molar refractivity (Wildman–Crippen MR) is 42.0 cm³/mol. The van der Waals surface area contributed by atoms with Gasteiger partial charge in [0.25, 0.3) is 0 Å². The molecule has 0 atom stereocenters. The molecule has 1 aliphatic rings. The summed E-state index contributed by atoms with van der Waals surface area (Å²) in [6.07, 6.45) is 2.75. The minimum absolute atomic E-state index is 0.847. The zero-order valence-electron chi connectivity index (χ0n) is 6.22. The Balaban J connectivity index is 2.32. The van der Waals surface area contributed by atoms with Gasteiger partial charge >= 0.3 is 0 Å². The van der Waals surface area contributed by atoms with E-state index in [1.165, 1.54) is 24.0 Å². The van der Waals surface area contributed by atoms with Crippen molar-refractivity contribution < 1.29 is 0 Å². The molecular weight excluding hydrogens is 120 g/mol. The Labute approximate surface area is 61.9 Å². The third-order valence-corrected chi connectivity index (χ3v) is 2.00. The highest BCUT2D eigenvalue weighted by atomic mass is 14.3. The smallest absolute Gasteiger partial charge is 0.0146 e. The Morgan fingerprint density at radius 3 is 2.90 bits per heavy atom. The second-order valence-corrected chi connectivity index (χ2v) is 3.10. The largest absolute Gasteiger partial charge is 0.0587 e. The Hall–Kier alpha value is -0.780. The van der Waals surface area contributed by atoms with Gasteiger partial charge in [-0.15, -0.1) is 0 Å². The SMILES string of the molecule is Cc1cc[c]c(C2CC2)c1. The molecule has 0 saturated heterocycles. The summed E-state index contributed by atoms with van der Waals surface area (Å²) in [5.41, 5.74) is 2.78. The van der Waals surface area contributed by atoms with Gasteiger partial charge in [0.1, 0.15) is 0 Å². The maximum Gasteiger partial charge on any atom is -0.0146 e. The van der Waals surface area contributed by atoms with Crippen LogP contribution < -0.4 is 0 Å². The number of benzene rings is 1. The molecule has 0 aromatic heterocycles. The van der Waals surface area contributed by atoms with Crippen LogP contribution in [0.5, 0.6) is 0 Å². The van der Waals surface area contributed by atoms with Gasteiger partial charge in [-0.1, -0.05) is 23.8 Å². The predicted octanol–water partition coefficient (Wildman–Crippen LogP) is 2.67. The van der Waals surface area contributed by atoms with Gasteiger partial charge in [0.05, 0.1) is 0 Å². The first-order chi connectivity index (χ1) is 4.86. The van der Waals surface area contributed by atoms with E-state index < -0.39 is 0 Å². The first-order valence-electron chi connectivity index (χ1n) is 3.84. The van der Waals surface area contributed by atoms with Crippen LogP contribution in [0.25, 0.3) is 0 Å². The summed E-state index contributed by atoms with van der Waals surface area (Å²) in [6, 6.07) is 9.65. The molecule has 51 valence electrons. The molecule has 0 unspecified atom stereocenters. The van der Waals surface area contributed by atoms with Crippen LogP contribution in [0.3, 0.4) is 0 Å². The maximum atomic E-state index is 3.27. The number of hydrogen-bond donors (Lipinski definition) is 0. The van der Waals surface area contributed by atoms with E-state index in [1.807, 2.05) is 6.07 Å². The van der Waals surface area contributed by atoms with E-state index >= 15 is 0 Å². The van der Waals surface area contributed by atoms with E-state index in [0.29, 0.717) is 0 Å². The van der Waals surface area contributed by atoms with Gasteiger partial charge in [0.15, 0.2) is 0 Å². The molecule has 1 aromatic rings. The molecule has 0 aliphatic heterocycles. The fourth-order valence-electron chi connectivity index (χ4n) is 1.23. The fourth-order valence-corrected chi connectivity index (χ4v) is 1.23. The van der Waals surface area contributed by atoms with E-state index in [9.17, 15) is 0 Å². The van der Waals surface area contributed by atoms with Crippen molar-refractivity contribution in [2.75, 3.05) is 0 Å². The molecule has 1 fully saturated rings. The van der Waals surface area contributed by atoms with Gasteiger partial charge in [-0.25, -0.2) is 0 Å². The molecule has 0 amide bonds. The molecule has 1 radical (unpaired) electrons. The lowest BCUT2D eigenvalue weighted by molar-refractivity contribution is 1.12. The zero-order valence-corrected chi connectivity index (χ0v) is 6.22. The van der Waals surface area contributed by atoms with Crippen molar-refractivity contribution >= 4 is 0 Å². The summed E-state index contributed by atoms with van der Waals surface area (Å²) < 4.78 is 0. The lowest BCUT2D eigenvalue weighted by atomic mass is 10.1. The second kappa shape index (κ2) is 2.12. The summed E-state index contributed by atoms with van der Waals surface area (Å²) in [6.45, 7) is 2.14. The lowest BCUT2D eigenvalue weighted by Crippen LogP contribution is -1.79. The molecule has 0 N–H and O–H groups in total. The van der Waals surface area contributed by atoms with E-state index in [1.54, 1.807) is 0 Å². The molecule has 0 heterocycles. The first kappa shape index (κ1) is 5.96. The van der Waals surface area contributed by atoms with Crippen LogP contribution in [0.1, 0.15) is 29.9 Å². The summed E-state index contributed by atoms with van der Waals surface area (Å²) in [5, 5.41) is 0. The van der Waals surface area contributed by atoms with E-state index in [4.69, 9.17) is 0 Å². The Morgan fingerprint density at radius 2 is 2.30 bits per heavy atom. The topological polar surface area (TPSA) is 0 Å². The highest BCUT2D eigenvalue weighted by Crippen LogP contribution is 2.39. The molecule has 1 aromatic carbocycles. The van der Waals surface area contributed by atoms with Crippen LogP contribution in [-0.4, -0.2) is 0 Å². The fraction of sp³-hybridized carbons (Fsp3) is 0.400. The van der Waals surface area contributed by atoms with E-state index in [0.717, 1.165) is 5.92 Å². The maximum absolute atomic E-state index is 3.27. The molecule has 2 rings (SSSR count). The van der Waals surface area contributed by atoms with E-state index in [2.05, 4.69) is 25.1 Å². The second-order valence-electron chi connectivity index (χ2n) is 3.10. The minimum atomic E-state index is 0.847. The molecule has 1 aliphatic carbocycles. The summed E-state index contributed by atoms with van der Waals surface area (Å²) in [7, 11) is 0. The number of rotatable bonds is 1. The summed E-state index contributed by atoms with van der Waals surface area (Å²) in [5.74, 6) is 0.847. The van der Waals surface area contributed by atoms with E-state index in [-0.39, 0.29) is 0 Å². The van der Waals surface area contributed by atoms with Crippen LogP contribution in [0, 0.1) is 13.0 Å². The average molecular weight is 131 g/mol. The highest BCUT2D eigenvalue weighted by Gasteiger charge is 2.23. The normalized spacial score (nSPS) is 17.3. The summed E-state index contributed by atoms with van der Waals surface area (Å²) in [4.78, 5) is 0. The Morgan fingerprint density at radius 1 is 1.50 bits per heavy atom. The molecule has 0 bridgehead atoms. The van der Waals surface area contributed by atoms with Crippen LogP contribution >= 0.6 is 0 Å². The van der Waals surface area contributed by atoms with Gasteiger partial charge < -0.3 is 0 Å². The monoisotopic (exact) mass is 131 g/mol. The van der Waals surface area contributed by atoms with Crippen molar-refractivity contribution in [3.8, 4) is 0 Å². The zero-order chi connectivity index (χ0) is 6.97. The Kier molecular flexibility index (Phi) is 1.26. The van der Waals surface area contributed by atoms with Crippen molar-refractivity contribution in [2.24, 2.45) is 0 Å². The molecule has 0 spiro atoms. The van der Waals surface area contributed by atoms with Gasteiger partial charge in [-0.2, -0.15) is 0 Å². The standard InChI is InChI=1S/C10H11/c1-8-3-2-4-10(7-8)9-5-6-9/h2-3,7,9H,5-6H2,1H3. The third kappa shape index (κ3) is 1.06. The third-order valence-electron chi connectivity index (χ3n) is 2.00. The summed E-state index contributed by atoms with van der Waals surface area (Å²) >= 11 is 0. The van der Waals surface area contributed by atoms with Crippen LogP contribution in [-0.2, 0) is 0 Å². The highest BCUT2D eigenvalue weighted by molar-refractivity contribution is 5.26. The Bertz CT molecular complexity index is 234. The van der Waals surface area contributed by atoms with Crippen molar-refractivity contribution in [1.82, 2.24) is 0 Å². The average Bonchev–Trinajstić information content (AvgIpc) is 2.68. The van der Waals surface area contributed by atoms with Crippen molar-refractivity contribution in [1.29, 1.82) is 0 Å². The lowest BCUT2D eigenvalue weighted by Gasteiger charge is -1.96. The van der Waals surface area contributed by atoms with Gasteiger partial charge in [-0.05, 0) is 37.3 Å². The van der Waals surface area contributed by atoms with Crippen molar-refractivity contribution in [3.63, 3.8) is 0 Å².